The van der Waals surface area contributed by atoms with Crippen LogP contribution in [0.1, 0.15) is 10.5 Å². The summed E-state index contributed by atoms with van der Waals surface area (Å²) in [6, 6.07) is 11.1. The number of rotatable bonds is 2. The Hall–Kier alpha value is -2.82. The number of aromatic nitrogens is 2. The average molecular weight is 267 g/mol. The van der Waals surface area contributed by atoms with E-state index in [4.69, 9.17) is 10.5 Å². The van der Waals surface area contributed by atoms with Crippen LogP contribution in [0.25, 0.3) is 22.2 Å². The molecule has 20 heavy (non-hydrogen) atoms. The highest BCUT2D eigenvalue weighted by Crippen LogP contribution is 2.32. The van der Waals surface area contributed by atoms with Crippen molar-refractivity contribution < 1.29 is 9.53 Å². The van der Waals surface area contributed by atoms with Crippen molar-refractivity contribution >= 4 is 22.7 Å². The highest BCUT2D eigenvalue weighted by atomic mass is 16.5. The van der Waals surface area contributed by atoms with Gasteiger partial charge in [0.1, 0.15) is 11.3 Å². The molecule has 5 heteroatoms. The summed E-state index contributed by atoms with van der Waals surface area (Å²) in [4.78, 5) is 19.2. The van der Waals surface area contributed by atoms with Crippen LogP contribution in [-0.4, -0.2) is 23.0 Å². The number of methoxy groups -OCH3 is 1. The Bertz CT molecular complexity index is 775. The number of hydrogen-bond acceptors (Lipinski definition) is 4. The van der Waals surface area contributed by atoms with E-state index in [-0.39, 0.29) is 0 Å². The standard InChI is InChI=1S/C15H13N3O2/c1-20-15(19)13-12(9-4-6-10(16)7-5-9)11-3-2-8-17-14(11)18-13/h2-8H,16H2,1H3,(H,17,18). The van der Waals surface area contributed by atoms with Crippen molar-refractivity contribution in [3.8, 4) is 11.1 Å². The number of H-pyrrole nitrogens is 1. The van der Waals surface area contributed by atoms with E-state index in [1.165, 1.54) is 7.11 Å². The summed E-state index contributed by atoms with van der Waals surface area (Å²) in [5.74, 6) is -0.421. The summed E-state index contributed by atoms with van der Waals surface area (Å²) >= 11 is 0. The minimum atomic E-state index is -0.421. The lowest BCUT2D eigenvalue weighted by atomic mass is 10.0. The number of carbonyl (C=O) groups is 1. The van der Waals surface area contributed by atoms with Crippen LogP contribution >= 0.6 is 0 Å². The first-order valence-corrected chi connectivity index (χ1v) is 6.11. The van der Waals surface area contributed by atoms with E-state index in [1.807, 2.05) is 24.3 Å². The number of nitrogens with two attached hydrogens (primary N) is 1. The van der Waals surface area contributed by atoms with Crippen LogP contribution < -0.4 is 5.73 Å². The van der Waals surface area contributed by atoms with Crippen LogP contribution in [0.15, 0.2) is 42.6 Å². The molecule has 0 saturated carbocycles. The first kappa shape index (κ1) is 12.2. The fourth-order valence-corrected chi connectivity index (χ4v) is 2.23. The Kier molecular flexibility index (Phi) is 2.87. The number of fused-ring (bicyclic) bond motifs is 1. The molecule has 100 valence electrons. The van der Waals surface area contributed by atoms with Crippen molar-refractivity contribution in [3.05, 3.63) is 48.3 Å². The molecule has 0 aliphatic rings. The molecule has 5 nitrogen and oxygen atoms in total. The summed E-state index contributed by atoms with van der Waals surface area (Å²) in [6.45, 7) is 0. The lowest BCUT2D eigenvalue weighted by Gasteiger charge is -2.04. The van der Waals surface area contributed by atoms with Crippen molar-refractivity contribution in [2.24, 2.45) is 0 Å². The number of aromatic amines is 1. The maximum atomic E-state index is 11.9. The number of pyridine rings is 1. The molecule has 3 aromatic rings. The van der Waals surface area contributed by atoms with Crippen LogP contribution in [0.5, 0.6) is 0 Å². The third kappa shape index (κ3) is 1.89. The van der Waals surface area contributed by atoms with E-state index < -0.39 is 5.97 Å². The predicted octanol–water partition coefficient (Wildman–Crippen LogP) is 2.60. The molecule has 3 rings (SSSR count). The summed E-state index contributed by atoms with van der Waals surface area (Å²) < 4.78 is 4.83. The topological polar surface area (TPSA) is 81.0 Å². The lowest BCUT2D eigenvalue weighted by molar-refractivity contribution is 0.0596. The summed E-state index contributed by atoms with van der Waals surface area (Å²) in [6.07, 6.45) is 1.67. The second kappa shape index (κ2) is 4.70. The third-order valence-corrected chi connectivity index (χ3v) is 3.16. The predicted molar refractivity (Wildman–Crippen MR) is 77.3 cm³/mol. The quantitative estimate of drug-likeness (QED) is 0.552. The van der Waals surface area contributed by atoms with Gasteiger partial charge in [-0.2, -0.15) is 0 Å². The maximum absolute atomic E-state index is 11.9. The summed E-state index contributed by atoms with van der Waals surface area (Å²) in [5, 5.41) is 0.873. The van der Waals surface area contributed by atoms with Gasteiger partial charge in [0.15, 0.2) is 0 Å². The Morgan fingerprint density at radius 3 is 2.70 bits per heavy atom. The molecule has 0 atom stereocenters. The molecule has 0 saturated heterocycles. The Morgan fingerprint density at radius 2 is 2.00 bits per heavy atom. The molecule has 2 heterocycles. The second-order valence-corrected chi connectivity index (χ2v) is 4.39. The van der Waals surface area contributed by atoms with Crippen molar-refractivity contribution in [1.82, 2.24) is 9.97 Å². The first-order chi connectivity index (χ1) is 9.70. The summed E-state index contributed by atoms with van der Waals surface area (Å²) in [7, 11) is 1.36. The zero-order valence-electron chi connectivity index (χ0n) is 10.9. The van der Waals surface area contributed by atoms with Crippen LogP contribution in [-0.2, 0) is 4.74 Å². The van der Waals surface area contributed by atoms with E-state index in [2.05, 4.69) is 9.97 Å². The van der Waals surface area contributed by atoms with Crippen molar-refractivity contribution in [2.45, 2.75) is 0 Å². The Balaban J connectivity index is 2.31. The number of anilines is 1. The fourth-order valence-electron chi connectivity index (χ4n) is 2.23. The van der Waals surface area contributed by atoms with Crippen LogP contribution in [0.3, 0.4) is 0 Å². The first-order valence-electron chi connectivity index (χ1n) is 6.11. The van der Waals surface area contributed by atoms with Crippen LogP contribution in [0.2, 0.25) is 0 Å². The zero-order chi connectivity index (χ0) is 14.1. The number of nitrogens with one attached hydrogen (secondary N) is 1. The van der Waals surface area contributed by atoms with E-state index in [9.17, 15) is 4.79 Å². The van der Waals surface area contributed by atoms with Gasteiger partial charge < -0.3 is 15.5 Å². The van der Waals surface area contributed by atoms with Gasteiger partial charge in [-0.3, -0.25) is 0 Å². The normalized spacial score (nSPS) is 10.7. The number of hydrogen-bond donors (Lipinski definition) is 2. The highest BCUT2D eigenvalue weighted by Gasteiger charge is 2.19. The number of nitrogen functional groups attached to an aromatic ring is 1. The van der Waals surface area contributed by atoms with Gasteiger partial charge in [0.05, 0.1) is 7.11 Å². The molecule has 0 unspecified atom stereocenters. The number of nitrogens with zero attached hydrogens (tertiary/aromatic N) is 1. The minimum absolute atomic E-state index is 0.394. The van der Waals surface area contributed by atoms with Gasteiger partial charge in [0, 0.05) is 22.8 Å². The molecule has 0 amide bonds. The van der Waals surface area contributed by atoms with E-state index in [0.717, 1.165) is 16.5 Å². The minimum Gasteiger partial charge on any atom is -0.464 e. The average Bonchev–Trinajstić information content (AvgIpc) is 2.87. The molecule has 0 aliphatic heterocycles. The largest absolute Gasteiger partial charge is 0.464 e. The van der Waals surface area contributed by atoms with Crippen LogP contribution in [0, 0.1) is 0 Å². The third-order valence-electron chi connectivity index (χ3n) is 3.16. The van der Waals surface area contributed by atoms with Gasteiger partial charge in [0.2, 0.25) is 0 Å². The number of benzene rings is 1. The van der Waals surface area contributed by atoms with E-state index in [0.29, 0.717) is 17.0 Å². The van der Waals surface area contributed by atoms with Gasteiger partial charge in [0.25, 0.3) is 0 Å². The van der Waals surface area contributed by atoms with Crippen LogP contribution in [0.4, 0.5) is 5.69 Å². The monoisotopic (exact) mass is 267 g/mol. The number of esters is 1. The zero-order valence-corrected chi connectivity index (χ0v) is 10.9. The molecule has 0 radical (unpaired) electrons. The Labute approximate surface area is 115 Å². The molecule has 0 fully saturated rings. The summed E-state index contributed by atoms with van der Waals surface area (Å²) in [5.41, 5.74) is 9.09. The number of carbonyl (C=O) groups excluding carboxylic acids is 1. The van der Waals surface area contributed by atoms with Gasteiger partial charge in [-0.05, 0) is 29.8 Å². The van der Waals surface area contributed by atoms with Crippen molar-refractivity contribution in [1.29, 1.82) is 0 Å². The molecular weight excluding hydrogens is 254 g/mol. The van der Waals surface area contributed by atoms with E-state index in [1.54, 1.807) is 18.3 Å². The second-order valence-electron chi connectivity index (χ2n) is 4.39. The molecule has 0 spiro atoms. The van der Waals surface area contributed by atoms with Gasteiger partial charge in [-0.25, -0.2) is 9.78 Å². The molecule has 1 aromatic carbocycles. The molecule has 0 bridgehead atoms. The number of ether oxygens (including phenoxy) is 1. The van der Waals surface area contributed by atoms with Gasteiger partial charge >= 0.3 is 5.97 Å². The highest BCUT2D eigenvalue weighted by molar-refractivity contribution is 6.07. The van der Waals surface area contributed by atoms with E-state index >= 15 is 0 Å². The SMILES string of the molecule is COC(=O)c1[nH]c2ncccc2c1-c1ccc(N)cc1. The molecule has 0 aliphatic carbocycles. The maximum Gasteiger partial charge on any atom is 0.355 e. The van der Waals surface area contributed by atoms with Gasteiger partial charge in [-0.15, -0.1) is 0 Å². The van der Waals surface area contributed by atoms with Crippen molar-refractivity contribution in [2.75, 3.05) is 12.8 Å². The van der Waals surface area contributed by atoms with Crippen molar-refractivity contribution in [3.63, 3.8) is 0 Å². The molecule has 3 N–H and O–H groups in total. The smallest absolute Gasteiger partial charge is 0.355 e. The molecule has 2 aromatic heterocycles. The van der Waals surface area contributed by atoms with Gasteiger partial charge in [-0.1, -0.05) is 12.1 Å². The fraction of sp³-hybridized carbons (Fsp3) is 0.0667. The Morgan fingerprint density at radius 1 is 1.25 bits per heavy atom. The molecular formula is C15H13N3O2. The lowest BCUT2D eigenvalue weighted by Crippen LogP contribution is -2.03.